The van der Waals surface area contributed by atoms with E-state index in [0.717, 1.165) is 23.9 Å². The number of amides is 1. The fourth-order valence-electron chi connectivity index (χ4n) is 4.08. The maximum atomic E-state index is 13.4. The van der Waals surface area contributed by atoms with Crippen molar-refractivity contribution in [3.8, 4) is 5.69 Å². The summed E-state index contributed by atoms with van der Waals surface area (Å²) in [4.78, 5) is 21.1. The number of allylic oxidation sites excluding steroid dienone is 1. The molecule has 4 rings (SSSR count). The van der Waals surface area contributed by atoms with Gasteiger partial charge in [-0.15, -0.1) is 0 Å². The third kappa shape index (κ3) is 3.73. The number of rotatable bonds is 4. The Hall–Kier alpha value is -2.48. The van der Waals surface area contributed by atoms with Gasteiger partial charge in [-0.3, -0.25) is 4.79 Å². The molecule has 7 nitrogen and oxygen atoms in total. The van der Waals surface area contributed by atoms with E-state index in [1.807, 2.05) is 43.0 Å². The highest BCUT2D eigenvalue weighted by molar-refractivity contribution is 9.11. The van der Waals surface area contributed by atoms with Crippen LogP contribution in [0.25, 0.3) is 5.69 Å². The van der Waals surface area contributed by atoms with Crippen LogP contribution < -0.4 is 0 Å². The molecule has 0 N–H and O–H groups in total. The molecule has 1 aromatic carbocycles. The minimum atomic E-state index is -0.0227. The quantitative estimate of drug-likeness (QED) is 0.534. The van der Waals surface area contributed by atoms with E-state index in [-0.39, 0.29) is 18.1 Å². The Labute approximate surface area is 172 Å². The summed E-state index contributed by atoms with van der Waals surface area (Å²) in [5.41, 5.74) is 1.29. The Morgan fingerprint density at radius 1 is 1.25 bits per heavy atom. The second-order valence-electron chi connectivity index (χ2n) is 7.22. The van der Waals surface area contributed by atoms with E-state index in [9.17, 15) is 4.79 Å². The lowest BCUT2D eigenvalue weighted by atomic mass is 10.1. The summed E-state index contributed by atoms with van der Waals surface area (Å²) in [6.45, 7) is 4.53. The lowest BCUT2D eigenvalue weighted by molar-refractivity contribution is 0.0443. The molecule has 1 saturated carbocycles. The van der Waals surface area contributed by atoms with E-state index >= 15 is 0 Å². The zero-order valence-electron chi connectivity index (χ0n) is 15.8. The normalized spacial score (nSPS) is 24.7. The Bertz CT molecular complexity index is 920. The van der Waals surface area contributed by atoms with Crippen molar-refractivity contribution in [3.05, 3.63) is 52.9 Å². The van der Waals surface area contributed by atoms with Crippen molar-refractivity contribution in [2.45, 2.75) is 38.8 Å². The minimum Gasteiger partial charge on any atom is -0.475 e. The van der Waals surface area contributed by atoms with Gasteiger partial charge in [-0.05, 0) is 37.8 Å². The molecule has 0 radical (unpaired) electrons. The zero-order valence-corrected chi connectivity index (χ0v) is 17.4. The zero-order chi connectivity index (χ0) is 19.7. The Morgan fingerprint density at radius 3 is 2.71 bits per heavy atom. The average molecular weight is 444 g/mol. The van der Waals surface area contributed by atoms with Crippen molar-refractivity contribution in [2.24, 2.45) is 10.9 Å². The molecular formula is C20H22BrN5O2. The molecule has 2 aliphatic rings. The van der Waals surface area contributed by atoms with Gasteiger partial charge in [-0.25, -0.2) is 4.99 Å². The van der Waals surface area contributed by atoms with E-state index in [1.54, 1.807) is 18.6 Å². The molecule has 3 atom stereocenters. The number of piperidine rings is 1. The molecule has 2 fully saturated rings. The number of benzene rings is 1. The van der Waals surface area contributed by atoms with Gasteiger partial charge < -0.3 is 9.64 Å². The predicted molar refractivity (Wildman–Crippen MR) is 110 cm³/mol. The predicted octanol–water partition coefficient (Wildman–Crippen LogP) is 3.56. The van der Waals surface area contributed by atoms with Crippen LogP contribution in [0.15, 0.2) is 52.3 Å². The van der Waals surface area contributed by atoms with Crippen LogP contribution in [0.4, 0.5) is 0 Å². The molecule has 8 heteroatoms. The fraction of sp³-hybridized carbons (Fsp3) is 0.400. The number of hydrogen-bond acceptors (Lipinski definition) is 5. The Kier molecular flexibility index (Phi) is 5.30. The van der Waals surface area contributed by atoms with Gasteiger partial charge in [0.2, 0.25) is 0 Å². The van der Waals surface area contributed by atoms with Gasteiger partial charge in [-0.2, -0.15) is 15.0 Å². The van der Waals surface area contributed by atoms with Crippen molar-refractivity contribution in [1.29, 1.82) is 0 Å². The summed E-state index contributed by atoms with van der Waals surface area (Å²) >= 11 is 3.36. The van der Waals surface area contributed by atoms with Crippen molar-refractivity contribution in [1.82, 2.24) is 19.9 Å². The Balaban J connectivity index is 1.54. The van der Waals surface area contributed by atoms with E-state index in [2.05, 4.69) is 31.1 Å². The molecule has 28 heavy (non-hydrogen) atoms. The number of fused-ring (bicyclic) bond motifs is 2. The van der Waals surface area contributed by atoms with Crippen LogP contribution in [-0.2, 0) is 4.74 Å². The number of nitrogens with zero attached hydrogens (tertiary/aromatic N) is 5. The number of hydrogen-bond donors (Lipinski definition) is 0. The van der Waals surface area contributed by atoms with E-state index < -0.39 is 0 Å². The molecule has 1 aliphatic heterocycles. The van der Waals surface area contributed by atoms with E-state index in [1.165, 1.54) is 4.80 Å². The molecule has 146 valence electrons. The molecule has 1 amide bonds. The second kappa shape index (κ2) is 7.87. The number of aromatic nitrogens is 3. The molecule has 2 bridgehead atoms. The number of halogens is 1. The smallest absolute Gasteiger partial charge is 0.256 e. The first-order valence-electron chi connectivity index (χ1n) is 9.33. The number of ether oxygens (including phenoxy) is 1. The van der Waals surface area contributed by atoms with Gasteiger partial charge in [0.1, 0.15) is 6.10 Å². The van der Waals surface area contributed by atoms with Crippen LogP contribution >= 0.6 is 15.9 Å². The first-order chi connectivity index (χ1) is 13.5. The number of carbonyl (C=O) groups excluding carboxylic acids is 1. The lowest BCUT2D eigenvalue weighted by Crippen LogP contribution is -2.46. The summed E-state index contributed by atoms with van der Waals surface area (Å²) in [6, 6.07) is 7.51. The van der Waals surface area contributed by atoms with Crippen LogP contribution in [0.3, 0.4) is 0 Å². The average Bonchev–Trinajstić information content (AvgIpc) is 3.42. The molecule has 1 aromatic heterocycles. The number of aliphatic imine (C=N–C) groups is 1. The van der Waals surface area contributed by atoms with Gasteiger partial charge in [0.25, 0.3) is 5.91 Å². The summed E-state index contributed by atoms with van der Waals surface area (Å²) in [5.74, 6) is 1.08. The van der Waals surface area contributed by atoms with Crippen LogP contribution in [0.1, 0.15) is 37.0 Å². The summed E-state index contributed by atoms with van der Waals surface area (Å²) < 4.78 is 7.01. The molecule has 1 saturated heterocycles. The molecule has 2 heterocycles. The van der Waals surface area contributed by atoms with Gasteiger partial charge in [0, 0.05) is 24.2 Å². The summed E-state index contributed by atoms with van der Waals surface area (Å²) in [6.07, 6.45) is 6.84. The van der Waals surface area contributed by atoms with Gasteiger partial charge in [0.15, 0.2) is 5.90 Å². The highest BCUT2D eigenvalue weighted by Gasteiger charge is 2.48. The second-order valence-corrected chi connectivity index (χ2v) is 8.47. The van der Waals surface area contributed by atoms with Crippen LogP contribution in [0, 0.1) is 5.92 Å². The van der Waals surface area contributed by atoms with Gasteiger partial charge in [-0.1, -0.05) is 28.1 Å². The standard InChI is InChI=1S/C20H22BrN5O2/c1-13(21)11-22-14(2)28-19-10-15-9-18(19)25(12-15)20(27)16-5-3-4-6-17(16)26-23-7-8-24-26/h3-8,11,15,18-19H,9-10,12H2,1-2H3/b13-11+,22-14+. The summed E-state index contributed by atoms with van der Waals surface area (Å²) in [5, 5.41) is 8.36. The van der Waals surface area contributed by atoms with Crippen molar-refractivity contribution in [2.75, 3.05) is 6.54 Å². The first-order valence-corrected chi connectivity index (χ1v) is 10.1. The fourth-order valence-corrected chi connectivity index (χ4v) is 4.18. The molecule has 0 spiro atoms. The third-order valence-corrected chi connectivity index (χ3v) is 5.41. The molecule has 3 unspecified atom stereocenters. The van der Waals surface area contributed by atoms with Crippen molar-refractivity contribution < 1.29 is 9.53 Å². The number of likely N-dealkylation sites (tertiary alicyclic amines) is 1. The van der Waals surface area contributed by atoms with E-state index in [0.29, 0.717) is 23.1 Å². The highest BCUT2D eigenvalue weighted by atomic mass is 79.9. The van der Waals surface area contributed by atoms with Crippen LogP contribution in [-0.4, -0.2) is 50.4 Å². The van der Waals surface area contributed by atoms with Crippen molar-refractivity contribution >= 4 is 27.7 Å². The maximum absolute atomic E-state index is 13.4. The Morgan fingerprint density at radius 2 is 2.00 bits per heavy atom. The minimum absolute atomic E-state index is 0.000472. The molecule has 2 aromatic rings. The maximum Gasteiger partial charge on any atom is 0.256 e. The first kappa shape index (κ1) is 18.9. The highest BCUT2D eigenvalue weighted by Crippen LogP contribution is 2.40. The lowest BCUT2D eigenvalue weighted by Gasteiger charge is -2.33. The van der Waals surface area contributed by atoms with Gasteiger partial charge >= 0.3 is 0 Å². The number of carbonyl (C=O) groups is 1. The topological polar surface area (TPSA) is 72.6 Å². The monoisotopic (exact) mass is 443 g/mol. The van der Waals surface area contributed by atoms with Crippen LogP contribution in [0.2, 0.25) is 0 Å². The van der Waals surface area contributed by atoms with Crippen LogP contribution in [0.5, 0.6) is 0 Å². The largest absolute Gasteiger partial charge is 0.475 e. The SMILES string of the molecule is C/C(Br)=C\N=C(/C)OC1CC2CC1N(C(=O)c1ccccc1-n1nccn1)C2. The van der Waals surface area contributed by atoms with Crippen molar-refractivity contribution in [3.63, 3.8) is 0 Å². The third-order valence-electron chi connectivity index (χ3n) is 5.20. The molecule has 1 aliphatic carbocycles. The van der Waals surface area contributed by atoms with Gasteiger partial charge in [0.05, 0.1) is 29.7 Å². The number of para-hydroxylation sites is 1. The van der Waals surface area contributed by atoms with E-state index in [4.69, 9.17) is 4.74 Å². The molecular weight excluding hydrogens is 422 g/mol. The summed E-state index contributed by atoms with van der Waals surface area (Å²) in [7, 11) is 0.